The number of aryl methyl sites for hydroxylation is 1. The number of benzene rings is 2. The van der Waals surface area contributed by atoms with Crippen molar-refractivity contribution in [1.82, 2.24) is 9.79 Å². The first-order valence-electron chi connectivity index (χ1n) is 11.7. The largest absolute Gasteiger partial charge is 0.388 e. The fraction of sp³-hybridized carbons (Fsp3) is 0.538. The molecular weight excluding hydrogens is 436 g/mol. The zero-order valence-electron chi connectivity index (χ0n) is 20.4. The van der Waals surface area contributed by atoms with Crippen LogP contribution in [0.4, 0.5) is 0 Å². The van der Waals surface area contributed by atoms with Crippen LogP contribution in [-0.4, -0.2) is 42.3 Å². The highest BCUT2D eigenvalue weighted by Crippen LogP contribution is 2.38. The lowest BCUT2D eigenvalue weighted by Gasteiger charge is -2.51. The molecule has 0 aliphatic carbocycles. The number of piperidine rings is 1. The standard InChI is InChI=1S/C26H38N2O4S/c1-20-12-14-23(15-13-20)33(30,31)27-22(18-24(29)21-10-7-6-8-11-21)19-32-28-25(2,3)16-9-17-26(28,4)5/h6-8,10-15,22,24,27,29H,9,16-19H2,1-5H3/t22-,24+/m0/s1. The highest BCUT2D eigenvalue weighted by Gasteiger charge is 2.43. The second-order valence-corrected chi connectivity index (χ2v) is 12.1. The molecule has 0 radical (unpaired) electrons. The maximum atomic E-state index is 13.1. The number of hydroxylamine groups is 2. The Bertz CT molecular complexity index is 988. The molecule has 6 nitrogen and oxygen atoms in total. The van der Waals surface area contributed by atoms with Crippen molar-refractivity contribution in [3.63, 3.8) is 0 Å². The van der Waals surface area contributed by atoms with E-state index in [1.165, 1.54) is 0 Å². The van der Waals surface area contributed by atoms with Gasteiger partial charge >= 0.3 is 0 Å². The van der Waals surface area contributed by atoms with Gasteiger partial charge in [0.15, 0.2) is 0 Å². The second kappa shape index (κ2) is 10.2. The van der Waals surface area contributed by atoms with Crippen LogP contribution in [0.25, 0.3) is 0 Å². The molecule has 2 N–H and O–H groups in total. The van der Waals surface area contributed by atoms with Gasteiger partial charge in [-0.25, -0.2) is 13.1 Å². The SMILES string of the molecule is Cc1ccc(S(=O)(=O)N[C@H](CON2C(C)(C)CCCC2(C)C)C[C@@H](O)c2ccccc2)cc1. The molecule has 0 amide bonds. The minimum Gasteiger partial charge on any atom is -0.388 e. The van der Waals surface area contributed by atoms with Crippen molar-refractivity contribution in [2.45, 2.75) is 88.4 Å². The van der Waals surface area contributed by atoms with Crippen molar-refractivity contribution < 1.29 is 18.4 Å². The van der Waals surface area contributed by atoms with Crippen LogP contribution in [0.5, 0.6) is 0 Å². The van der Waals surface area contributed by atoms with Crippen molar-refractivity contribution in [1.29, 1.82) is 0 Å². The Kier molecular flexibility index (Phi) is 8.02. The molecule has 1 aliphatic heterocycles. The maximum absolute atomic E-state index is 13.1. The summed E-state index contributed by atoms with van der Waals surface area (Å²) in [6.07, 6.45) is 2.51. The van der Waals surface area contributed by atoms with Gasteiger partial charge in [-0.2, -0.15) is 5.06 Å². The summed E-state index contributed by atoms with van der Waals surface area (Å²) < 4.78 is 29.0. The number of rotatable bonds is 9. The summed E-state index contributed by atoms with van der Waals surface area (Å²) in [5, 5.41) is 12.9. The van der Waals surface area contributed by atoms with Gasteiger partial charge in [-0.15, -0.1) is 0 Å². The molecular formula is C26H38N2O4S. The zero-order chi connectivity index (χ0) is 24.3. The van der Waals surface area contributed by atoms with Gasteiger partial charge in [0.2, 0.25) is 10.0 Å². The van der Waals surface area contributed by atoms with E-state index in [0.717, 1.165) is 30.4 Å². The Balaban J connectivity index is 1.81. The van der Waals surface area contributed by atoms with Crippen LogP contribution < -0.4 is 4.72 Å². The molecule has 182 valence electrons. The summed E-state index contributed by atoms with van der Waals surface area (Å²) in [5.74, 6) is 0. The summed E-state index contributed by atoms with van der Waals surface area (Å²) in [5.41, 5.74) is 1.40. The predicted molar refractivity (Wildman–Crippen MR) is 131 cm³/mol. The smallest absolute Gasteiger partial charge is 0.240 e. The molecule has 1 fully saturated rings. The van der Waals surface area contributed by atoms with Gasteiger partial charge in [-0.3, -0.25) is 4.84 Å². The molecule has 2 aromatic rings. The van der Waals surface area contributed by atoms with E-state index in [9.17, 15) is 13.5 Å². The summed E-state index contributed by atoms with van der Waals surface area (Å²) >= 11 is 0. The van der Waals surface area contributed by atoms with Gasteiger partial charge in [0, 0.05) is 11.1 Å². The van der Waals surface area contributed by atoms with Gasteiger partial charge in [-0.05, 0) is 78.0 Å². The first-order chi connectivity index (χ1) is 15.4. The highest BCUT2D eigenvalue weighted by atomic mass is 32.2. The molecule has 0 unspecified atom stereocenters. The molecule has 3 rings (SSSR count). The molecule has 1 saturated heterocycles. The molecule has 0 aromatic heterocycles. The van der Waals surface area contributed by atoms with Crippen LogP contribution in [0.1, 0.15) is 70.6 Å². The van der Waals surface area contributed by atoms with Crippen LogP contribution in [0.15, 0.2) is 59.5 Å². The minimum absolute atomic E-state index is 0.127. The van der Waals surface area contributed by atoms with E-state index in [-0.39, 0.29) is 29.0 Å². The number of aliphatic hydroxyl groups excluding tert-OH is 1. The van der Waals surface area contributed by atoms with Gasteiger partial charge in [0.1, 0.15) is 0 Å². The third-order valence-corrected chi connectivity index (χ3v) is 7.96. The molecule has 33 heavy (non-hydrogen) atoms. The summed E-state index contributed by atoms with van der Waals surface area (Å²) in [6.45, 7) is 10.6. The lowest BCUT2D eigenvalue weighted by Crippen LogP contribution is -2.59. The van der Waals surface area contributed by atoms with E-state index < -0.39 is 22.2 Å². The fourth-order valence-electron chi connectivity index (χ4n) is 4.73. The molecule has 0 bridgehead atoms. The lowest BCUT2D eigenvalue weighted by atomic mass is 9.82. The van der Waals surface area contributed by atoms with Crippen molar-refractivity contribution in [3.8, 4) is 0 Å². The average molecular weight is 475 g/mol. The molecule has 7 heteroatoms. The Morgan fingerprint density at radius 1 is 1.00 bits per heavy atom. The fourth-order valence-corrected chi connectivity index (χ4v) is 5.96. The number of hydrogen-bond donors (Lipinski definition) is 2. The van der Waals surface area contributed by atoms with Gasteiger partial charge in [0.25, 0.3) is 0 Å². The van der Waals surface area contributed by atoms with Gasteiger partial charge in [-0.1, -0.05) is 48.0 Å². The molecule has 1 aliphatic rings. The van der Waals surface area contributed by atoms with Crippen LogP contribution in [-0.2, 0) is 14.9 Å². The highest BCUT2D eigenvalue weighted by molar-refractivity contribution is 7.89. The van der Waals surface area contributed by atoms with Gasteiger partial charge in [0.05, 0.1) is 23.6 Å². The molecule has 2 aromatic carbocycles. The van der Waals surface area contributed by atoms with E-state index >= 15 is 0 Å². The lowest BCUT2D eigenvalue weighted by molar-refractivity contribution is -0.283. The number of sulfonamides is 1. The summed E-state index contributed by atoms with van der Waals surface area (Å²) in [4.78, 5) is 6.51. The van der Waals surface area contributed by atoms with Crippen molar-refractivity contribution in [2.24, 2.45) is 0 Å². The van der Waals surface area contributed by atoms with Crippen LogP contribution in [0, 0.1) is 6.92 Å². The van der Waals surface area contributed by atoms with E-state index in [2.05, 4.69) is 32.4 Å². The Hall–Kier alpha value is -1.77. The van der Waals surface area contributed by atoms with Crippen LogP contribution >= 0.6 is 0 Å². The predicted octanol–water partition coefficient (Wildman–Crippen LogP) is 4.74. The normalized spacial score (nSPS) is 20.3. The first-order valence-corrected chi connectivity index (χ1v) is 13.1. The number of hydrogen-bond acceptors (Lipinski definition) is 5. The topological polar surface area (TPSA) is 78.9 Å². The van der Waals surface area contributed by atoms with Crippen LogP contribution in [0.3, 0.4) is 0 Å². The zero-order valence-corrected chi connectivity index (χ0v) is 21.2. The van der Waals surface area contributed by atoms with E-state index in [0.29, 0.717) is 0 Å². The third kappa shape index (κ3) is 6.64. The van der Waals surface area contributed by atoms with E-state index in [1.807, 2.05) is 42.3 Å². The molecule has 2 atom stereocenters. The maximum Gasteiger partial charge on any atom is 0.240 e. The first kappa shape index (κ1) is 25.8. The second-order valence-electron chi connectivity index (χ2n) is 10.4. The number of aliphatic hydroxyl groups is 1. The molecule has 0 spiro atoms. The van der Waals surface area contributed by atoms with Crippen molar-refractivity contribution in [2.75, 3.05) is 6.61 Å². The quantitative estimate of drug-likeness (QED) is 0.549. The third-order valence-electron chi connectivity index (χ3n) is 6.43. The average Bonchev–Trinajstić information content (AvgIpc) is 2.73. The minimum atomic E-state index is -3.77. The molecule has 1 heterocycles. The van der Waals surface area contributed by atoms with E-state index in [1.54, 1.807) is 24.3 Å². The summed E-state index contributed by atoms with van der Waals surface area (Å²) in [6, 6.07) is 15.4. The monoisotopic (exact) mass is 474 g/mol. The van der Waals surface area contributed by atoms with Crippen molar-refractivity contribution in [3.05, 3.63) is 65.7 Å². The number of nitrogens with one attached hydrogen (secondary N) is 1. The summed E-state index contributed by atoms with van der Waals surface area (Å²) in [7, 11) is -3.77. The Morgan fingerprint density at radius 2 is 1.58 bits per heavy atom. The van der Waals surface area contributed by atoms with E-state index in [4.69, 9.17) is 4.84 Å². The Labute approximate surface area is 199 Å². The number of nitrogens with zero attached hydrogens (tertiary/aromatic N) is 1. The Morgan fingerprint density at radius 3 is 2.15 bits per heavy atom. The van der Waals surface area contributed by atoms with Crippen molar-refractivity contribution >= 4 is 10.0 Å². The molecule has 0 saturated carbocycles. The van der Waals surface area contributed by atoms with Gasteiger partial charge < -0.3 is 5.11 Å². The van der Waals surface area contributed by atoms with Crippen LogP contribution in [0.2, 0.25) is 0 Å².